The van der Waals surface area contributed by atoms with Crippen molar-refractivity contribution in [1.29, 1.82) is 0 Å². The van der Waals surface area contributed by atoms with Crippen LogP contribution in [0.5, 0.6) is 5.75 Å². The van der Waals surface area contributed by atoms with E-state index in [2.05, 4.69) is 21.2 Å². The van der Waals surface area contributed by atoms with Crippen molar-refractivity contribution >= 4 is 85.1 Å². The third-order valence-electron chi connectivity index (χ3n) is 4.92. The summed E-state index contributed by atoms with van der Waals surface area (Å²) >= 11 is 16.2. The number of ether oxygens (including phenoxy) is 1. The number of para-hydroxylation sites is 1. The lowest BCUT2D eigenvalue weighted by Gasteiger charge is -2.15. The normalized spacial score (nSPS) is 14.6. The number of thioether (sulfide) groups is 1. The van der Waals surface area contributed by atoms with E-state index < -0.39 is 0 Å². The van der Waals surface area contributed by atoms with Crippen molar-refractivity contribution in [3.8, 4) is 5.75 Å². The number of amides is 2. The molecule has 0 unspecified atom stereocenters. The Labute approximate surface area is 220 Å². The molecule has 3 aromatic carbocycles. The second-order valence-corrected chi connectivity index (χ2v) is 10.3. The minimum Gasteiger partial charge on any atom is -0.484 e. The zero-order valence-electron chi connectivity index (χ0n) is 17.9. The first-order valence-electron chi connectivity index (χ1n) is 10.1. The minimum atomic E-state index is -0.241. The second-order valence-electron chi connectivity index (χ2n) is 7.34. The predicted molar refractivity (Wildman–Crippen MR) is 147 cm³/mol. The molecule has 0 saturated carbocycles. The lowest BCUT2D eigenvalue weighted by atomic mass is 10.2. The first-order chi connectivity index (χ1) is 16.3. The number of benzene rings is 3. The van der Waals surface area contributed by atoms with Crippen LogP contribution in [0.15, 0.2) is 76.1 Å². The third-order valence-corrected chi connectivity index (χ3v) is 7.46. The van der Waals surface area contributed by atoms with Gasteiger partial charge in [0.2, 0.25) is 0 Å². The number of halogens is 2. The van der Waals surface area contributed by atoms with Crippen molar-refractivity contribution in [2.24, 2.45) is 0 Å². The van der Waals surface area contributed by atoms with Crippen LogP contribution >= 0.6 is 51.5 Å². The van der Waals surface area contributed by atoms with Crippen molar-refractivity contribution in [3.05, 3.63) is 92.3 Å². The van der Waals surface area contributed by atoms with Crippen molar-refractivity contribution in [2.75, 3.05) is 16.8 Å². The highest BCUT2D eigenvalue weighted by Crippen LogP contribution is 2.38. The number of nitrogens with zero attached hydrogens (tertiary/aromatic N) is 1. The number of hydrogen-bond donors (Lipinski definition) is 1. The van der Waals surface area contributed by atoms with E-state index in [1.54, 1.807) is 36.4 Å². The number of carbonyl (C=O) groups is 2. The Balaban J connectivity index is 1.39. The van der Waals surface area contributed by atoms with E-state index in [-0.39, 0.29) is 18.4 Å². The zero-order chi connectivity index (χ0) is 24.2. The summed E-state index contributed by atoms with van der Waals surface area (Å²) in [6.45, 7) is 1.82. The predicted octanol–water partition coefficient (Wildman–Crippen LogP) is 6.83. The van der Waals surface area contributed by atoms with Crippen LogP contribution in [0.2, 0.25) is 5.02 Å². The monoisotopic (exact) mass is 572 g/mol. The average Bonchev–Trinajstić information content (AvgIpc) is 3.09. The molecule has 34 heavy (non-hydrogen) atoms. The fraction of sp³-hybridized carbons (Fsp3) is 0.0800. The van der Waals surface area contributed by atoms with E-state index in [0.717, 1.165) is 21.3 Å². The molecule has 1 N–H and O–H groups in total. The van der Waals surface area contributed by atoms with E-state index in [1.165, 1.54) is 16.7 Å². The van der Waals surface area contributed by atoms with E-state index in [0.29, 0.717) is 25.7 Å². The van der Waals surface area contributed by atoms with Gasteiger partial charge in [-0.2, -0.15) is 0 Å². The second kappa shape index (κ2) is 10.7. The highest BCUT2D eigenvalue weighted by atomic mass is 79.9. The van der Waals surface area contributed by atoms with Crippen LogP contribution < -0.4 is 15.0 Å². The van der Waals surface area contributed by atoms with Crippen LogP contribution in [0.4, 0.5) is 11.4 Å². The molecule has 1 aliphatic heterocycles. The lowest BCUT2D eigenvalue weighted by Crippen LogP contribution is -2.27. The Kier molecular flexibility index (Phi) is 7.73. The number of aryl methyl sites for hydroxylation is 1. The van der Waals surface area contributed by atoms with Gasteiger partial charge in [-0.05, 0) is 76.5 Å². The molecule has 0 aliphatic carbocycles. The number of nitrogens with one attached hydrogen (secondary N) is 1. The number of anilines is 2. The van der Waals surface area contributed by atoms with Gasteiger partial charge in [-0.15, -0.1) is 0 Å². The Morgan fingerprint density at radius 3 is 2.62 bits per heavy atom. The van der Waals surface area contributed by atoms with Gasteiger partial charge < -0.3 is 10.1 Å². The van der Waals surface area contributed by atoms with Gasteiger partial charge >= 0.3 is 0 Å². The number of hydrogen-bond acceptors (Lipinski definition) is 5. The maximum absolute atomic E-state index is 13.0. The van der Waals surface area contributed by atoms with Gasteiger partial charge in [-0.25, -0.2) is 0 Å². The van der Waals surface area contributed by atoms with Crippen LogP contribution in [0.3, 0.4) is 0 Å². The van der Waals surface area contributed by atoms with Crippen LogP contribution in [0, 0.1) is 6.92 Å². The summed E-state index contributed by atoms with van der Waals surface area (Å²) in [5.74, 6) is 0.103. The zero-order valence-corrected chi connectivity index (χ0v) is 21.9. The molecule has 172 valence electrons. The molecule has 1 heterocycles. The first-order valence-corrected chi connectivity index (χ1v) is 12.5. The fourth-order valence-electron chi connectivity index (χ4n) is 3.17. The smallest absolute Gasteiger partial charge is 0.270 e. The van der Waals surface area contributed by atoms with Gasteiger partial charge in [0.25, 0.3) is 11.8 Å². The Morgan fingerprint density at radius 1 is 1.18 bits per heavy atom. The number of thiocarbonyl (C=S) groups is 1. The third kappa shape index (κ3) is 5.70. The molecule has 9 heteroatoms. The largest absolute Gasteiger partial charge is 0.484 e. The molecule has 1 aliphatic rings. The van der Waals surface area contributed by atoms with Crippen molar-refractivity contribution in [3.63, 3.8) is 0 Å². The Morgan fingerprint density at radius 2 is 1.91 bits per heavy atom. The summed E-state index contributed by atoms with van der Waals surface area (Å²) in [5.41, 5.74) is 3.17. The highest BCUT2D eigenvalue weighted by Gasteiger charge is 2.33. The molecule has 2 amide bonds. The molecule has 0 bridgehead atoms. The van der Waals surface area contributed by atoms with E-state index in [1.807, 2.05) is 43.3 Å². The van der Waals surface area contributed by atoms with Crippen molar-refractivity contribution in [2.45, 2.75) is 6.92 Å². The van der Waals surface area contributed by atoms with Crippen molar-refractivity contribution < 1.29 is 14.3 Å². The standard InChI is InChI=1S/C25H18BrClN2O3S2/c1-15-4-2-3-5-21(15)28-23(30)14-32-18-9-6-16(7-10-18)12-22-24(31)29(25(33)34-22)17-8-11-19(26)20(27)13-17/h2-13H,14H2,1H3,(H,28,30)/b22-12-. The van der Waals surface area contributed by atoms with Gasteiger partial charge in [0.15, 0.2) is 10.9 Å². The topological polar surface area (TPSA) is 58.6 Å². The molecule has 4 rings (SSSR count). The van der Waals surface area contributed by atoms with E-state index >= 15 is 0 Å². The van der Waals surface area contributed by atoms with Crippen LogP contribution in [0.1, 0.15) is 11.1 Å². The van der Waals surface area contributed by atoms with Gasteiger partial charge in [-0.3, -0.25) is 14.5 Å². The molecule has 0 aromatic heterocycles. The van der Waals surface area contributed by atoms with Gasteiger partial charge in [0, 0.05) is 10.2 Å². The Bertz CT molecular complexity index is 1310. The molecule has 0 atom stereocenters. The van der Waals surface area contributed by atoms with Gasteiger partial charge in [-0.1, -0.05) is 65.9 Å². The first kappa shape index (κ1) is 24.5. The minimum absolute atomic E-state index is 0.109. The van der Waals surface area contributed by atoms with Gasteiger partial charge in [0.05, 0.1) is 15.6 Å². The summed E-state index contributed by atoms with van der Waals surface area (Å²) in [4.78, 5) is 27.1. The maximum Gasteiger partial charge on any atom is 0.270 e. The number of carbonyl (C=O) groups excluding carboxylic acids is 2. The Hall–Kier alpha value is -2.65. The fourth-order valence-corrected chi connectivity index (χ4v) is 4.89. The quantitative estimate of drug-likeness (QED) is 0.259. The highest BCUT2D eigenvalue weighted by molar-refractivity contribution is 9.10. The van der Waals surface area contributed by atoms with Gasteiger partial charge in [0.1, 0.15) is 5.75 Å². The summed E-state index contributed by atoms with van der Waals surface area (Å²) in [5, 5.41) is 3.33. The van der Waals surface area contributed by atoms with Crippen molar-refractivity contribution in [1.82, 2.24) is 0 Å². The van der Waals surface area contributed by atoms with Crippen LogP contribution in [0.25, 0.3) is 6.08 Å². The average molecular weight is 574 g/mol. The summed E-state index contributed by atoms with van der Waals surface area (Å²) in [7, 11) is 0. The molecule has 5 nitrogen and oxygen atoms in total. The summed E-state index contributed by atoms with van der Waals surface area (Å²) in [6.07, 6.45) is 1.77. The van der Waals surface area contributed by atoms with E-state index in [4.69, 9.17) is 28.6 Å². The van der Waals surface area contributed by atoms with Crippen LogP contribution in [-0.4, -0.2) is 22.7 Å². The molecular weight excluding hydrogens is 556 g/mol. The molecule has 1 saturated heterocycles. The summed E-state index contributed by atoms with van der Waals surface area (Å²) in [6, 6.07) is 19.9. The van der Waals surface area contributed by atoms with E-state index in [9.17, 15) is 9.59 Å². The SMILES string of the molecule is Cc1ccccc1NC(=O)COc1ccc(/C=C2\SC(=S)N(c3ccc(Br)c(Cl)c3)C2=O)cc1. The van der Waals surface area contributed by atoms with Crippen LogP contribution in [-0.2, 0) is 9.59 Å². The lowest BCUT2D eigenvalue weighted by molar-refractivity contribution is -0.118. The molecule has 1 fully saturated rings. The summed E-state index contributed by atoms with van der Waals surface area (Å²) < 4.78 is 6.77. The number of rotatable bonds is 6. The molecule has 3 aromatic rings. The maximum atomic E-state index is 13.0. The molecular formula is C25H18BrClN2O3S2. The molecule has 0 spiro atoms. The molecule has 0 radical (unpaired) electrons.